The highest BCUT2D eigenvalue weighted by atomic mass is 16.5. The minimum Gasteiger partial charge on any atom is -0.494 e. The predicted molar refractivity (Wildman–Crippen MR) is 127 cm³/mol. The van der Waals surface area contributed by atoms with Crippen LogP contribution >= 0.6 is 0 Å². The smallest absolute Gasteiger partial charge is 0.332 e. The Balaban J connectivity index is 1.50. The van der Waals surface area contributed by atoms with Gasteiger partial charge in [-0.05, 0) is 55.7 Å². The highest BCUT2D eigenvalue weighted by molar-refractivity contribution is 6.22. The number of carbonyl (C=O) groups excluding carboxylic acids is 3. The number of imide groups is 1. The summed E-state index contributed by atoms with van der Waals surface area (Å²) in [7, 11) is 0. The molecule has 0 bridgehead atoms. The van der Waals surface area contributed by atoms with Gasteiger partial charge in [0.25, 0.3) is 5.91 Å². The van der Waals surface area contributed by atoms with Gasteiger partial charge in [-0.3, -0.25) is 9.59 Å². The minimum absolute atomic E-state index is 0.0169. The van der Waals surface area contributed by atoms with Crippen molar-refractivity contribution in [2.75, 3.05) is 16.8 Å². The van der Waals surface area contributed by atoms with Crippen LogP contribution in [0.4, 0.5) is 16.2 Å². The highest BCUT2D eigenvalue weighted by Gasteiger charge is 2.49. The van der Waals surface area contributed by atoms with E-state index in [0.717, 1.165) is 44.3 Å². The number of rotatable bonds is 8. The first-order valence-electron chi connectivity index (χ1n) is 11.8. The van der Waals surface area contributed by atoms with Crippen LogP contribution in [0.15, 0.2) is 54.6 Å². The molecular formula is C26H31N3O4. The van der Waals surface area contributed by atoms with E-state index in [0.29, 0.717) is 18.0 Å². The van der Waals surface area contributed by atoms with Gasteiger partial charge in [-0.1, -0.05) is 44.4 Å². The first-order chi connectivity index (χ1) is 16.1. The SMILES string of the molecule is CCCOc1ccc(NC(=O)C[C@@H]2C(=O)N(c3ccccc3)C(=O)N2C2CCCCC2)cc1. The summed E-state index contributed by atoms with van der Waals surface area (Å²) < 4.78 is 5.58. The van der Waals surface area contributed by atoms with Gasteiger partial charge in [0.05, 0.1) is 18.7 Å². The minimum atomic E-state index is -0.798. The normalized spacial score (nSPS) is 19.1. The standard InChI is InChI=1S/C26H31N3O4/c1-2-17-33-22-15-13-19(14-16-22)27-24(30)18-23-25(31)29(21-11-7-4-8-12-21)26(32)28(23)20-9-5-3-6-10-20/h4,7-8,11-16,20,23H,2-3,5-6,9-10,17-18H2,1H3,(H,27,30)/t23-/m1/s1. The van der Waals surface area contributed by atoms with Gasteiger partial charge in [-0.2, -0.15) is 0 Å². The summed E-state index contributed by atoms with van der Waals surface area (Å²) in [5, 5.41) is 2.86. The van der Waals surface area contributed by atoms with Crippen LogP contribution in [0, 0.1) is 0 Å². The van der Waals surface area contributed by atoms with Crippen LogP contribution in [-0.2, 0) is 9.59 Å². The van der Waals surface area contributed by atoms with Crippen molar-refractivity contribution in [2.24, 2.45) is 0 Å². The highest BCUT2D eigenvalue weighted by Crippen LogP contribution is 2.33. The molecular weight excluding hydrogens is 418 g/mol. The first kappa shape index (κ1) is 22.8. The van der Waals surface area contributed by atoms with E-state index in [9.17, 15) is 14.4 Å². The quantitative estimate of drug-likeness (QED) is 0.577. The van der Waals surface area contributed by atoms with Gasteiger partial charge >= 0.3 is 6.03 Å². The van der Waals surface area contributed by atoms with Crippen molar-refractivity contribution in [3.05, 3.63) is 54.6 Å². The van der Waals surface area contributed by atoms with Gasteiger partial charge in [0, 0.05) is 11.7 Å². The molecule has 174 valence electrons. The maximum atomic E-state index is 13.4. The van der Waals surface area contributed by atoms with Crippen LogP contribution in [0.3, 0.4) is 0 Å². The van der Waals surface area contributed by atoms with Crippen LogP contribution in [0.25, 0.3) is 0 Å². The van der Waals surface area contributed by atoms with E-state index >= 15 is 0 Å². The van der Waals surface area contributed by atoms with Crippen LogP contribution < -0.4 is 15.0 Å². The van der Waals surface area contributed by atoms with Gasteiger partial charge in [-0.15, -0.1) is 0 Å². The maximum Gasteiger partial charge on any atom is 0.332 e. The second-order valence-electron chi connectivity index (χ2n) is 8.63. The molecule has 1 aliphatic carbocycles. The summed E-state index contributed by atoms with van der Waals surface area (Å²) in [6, 6.07) is 15.0. The third-order valence-corrected chi connectivity index (χ3v) is 6.23. The molecule has 1 saturated heterocycles. The van der Waals surface area contributed by atoms with E-state index in [4.69, 9.17) is 4.74 Å². The summed E-state index contributed by atoms with van der Waals surface area (Å²) in [5.74, 6) is 0.114. The second kappa shape index (κ2) is 10.5. The topological polar surface area (TPSA) is 79.0 Å². The molecule has 1 aliphatic heterocycles. The Kier molecular flexibility index (Phi) is 7.27. The molecule has 0 unspecified atom stereocenters. The largest absolute Gasteiger partial charge is 0.494 e. The average molecular weight is 450 g/mol. The van der Waals surface area contributed by atoms with Crippen molar-refractivity contribution in [3.63, 3.8) is 0 Å². The number of nitrogens with one attached hydrogen (secondary N) is 1. The molecule has 0 aromatic heterocycles. The molecule has 33 heavy (non-hydrogen) atoms. The zero-order valence-electron chi connectivity index (χ0n) is 19.0. The molecule has 2 aliphatic rings. The Labute approximate surface area is 194 Å². The molecule has 2 aromatic carbocycles. The van der Waals surface area contributed by atoms with Crippen molar-refractivity contribution >= 4 is 29.2 Å². The van der Waals surface area contributed by atoms with Gasteiger partial charge in [0.2, 0.25) is 5.91 Å². The zero-order chi connectivity index (χ0) is 23.2. The number of nitrogens with zero attached hydrogens (tertiary/aromatic N) is 2. The van der Waals surface area contributed by atoms with Crippen LogP contribution in [0.1, 0.15) is 51.9 Å². The summed E-state index contributed by atoms with van der Waals surface area (Å²) >= 11 is 0. The molecule has 4 rings (SSSR count). The van der Waals surface area contributed by atoms with Crippen molar-refractivity contribution in [3.8, 4) is 5.75 Å². The van der Waals surface area contributed by atoms with Crippen LogP contribution in [0.5, 0.6) is 5.75 Å². The number of carbonyl (C=O) groups is 3. The Morgan fingerprint density at radius 2 is 1.70 bits per heavy atom. The molecule has 4 amide bonds. The number of benzene rings is 2. The third-order valence-electron chi connectivity index (χ3n) is 6.23. The summed E-state index contributed by atoms with van der Waals surface area (Å²) in [6.07, 6.45) is 5.76. The summed E-state index contributed by atoms with van der Waals surface area (Å²) in [6.45, 7) is 2.68. The number of hydrogen-bond acceptors (Lipinski definition) is 4. The number of ether oxygens (including phenoxy) is 1. The summed E-state index contributed by atoms with van der Waals surface area (Å²) in [4.78, 5) is 42.5. The van der Waals surface area contributed by atoms with Gasteiger partial charge in [0.1, 0.15) is 11.8 Å². The second-order valence-corrected chi connectivity index (χ2v) is 8.63. The van der Waals surface area contributed by atoms with Crippen molar-refractivity contribution < 1.29 is 19.1 Å². The lowest BCUT2D eigenvalue weighted by molar-refractivity contribution is -0.125. The van der Waals surface area contributed by atoms with Crippen molar-refractivity contribution in [1.82, 2.24) is 4.90 Å². The molecule has 7 heteroatoms. The molecule has 0 spiro atoms. The van der Waals surface area contributed by atoms with Gasteiger partial charge in [-0.25, -0.2) is 9.69 Å². The van der Waals surface area contributed by atoms with E-state index < -0.39 is 6.04 Å². The molecule has 1 atom stereocenters. The van der Waals surface area contributed by atoms with E-state index in [1.54, 1.807) is 53.4 Å². The number of anilines is 2. The lowest BCUT2D eigenvalue weighted by atomic mass is 9.93. The Morgan fingerprint density at radius 3 is 2.36 bits per heavy atom. The zero-order valence-corrected chi connectivity index (χ0v) is 19.0. The lowest BCUT2D eigenvalue weighted by Crippen LogP contribution is -2.45. The molecule has 7 nitrogen and oxygen atoms in total. The lowest BCUT2D eigenvalue weighted by Gasteiger charge is -2.33. The Bertz CT molecular complexity index is 971. The van der Waals surface area contributed by atoms with E-state index in [-0.39, 0.29) is 30.3 Å². The fraction of sp³-hybridized carbons (Fsp3) is 0.423. The number of urea groups is 1. The molecule has 1 saturated carbocycles. The summed E-state index contributed by atoms with van der Waals surface area (Å²) in [5.41, 5.74) is 1.17. The van der Waals surface area contributed by atoms with E-state index in [1.165, 1.54) is 4.90 Å². The molecule has 2 fully saturated rings. The van der Waals surface area contributed by atoms with Gasteiger partial charge in [0.15, 0.2) is 0 Å². The van der Waals surface area contributed by atoms with Crippen LogP contribution in [0.2, 0.25) is 0 Å². The predicted octanol–water partition coefficient (Wildman–Crippen LogP) is 4.97. The average Bonchev–Trinajstić information content (AvgIpc) is 3.08. The first-order valence-corrected chi connectivity index (χ1v) is 11.8. The molecule has 1 N–H and O–H groups in total. The Hall–Kier alpha value is -3.35. The monoisotopic (exact) mass is 449 g/mol. The number of hydrogen-bond donors (Lipinski definition) is 1. The van der Waals surface area contributed by atoms with Gasteiger partial charge < -0.3 is 15.0 Å². The molecule has 1 heterocycles. The molecule has 0 radical (unpaired) electrons. The fourth-order valence-electron chi connectivity index (χ4n) is 4.62. The number of para-hydroxylation sites is 1. The molecule has 2 aromatic rings. The maximum absolute atomic E-state index is 13.4. The van der Waals surface area contributed by atoms with Crippen molar-refractivity contribution in [2.45, 2.75) is 64.0 Å². The fourth-order valence-corrected chi connectivity index (χ4v) is 4.62. The Morgan fingerprint density at radius 1 is 1.00 bits per heavy atom. The van der Waals surface area contributed by atoms with E-state index in [2.05, 4.69) is 5.32 Å². The third kappa shape index (κ3) is 5.18. The van der Waals surface area contributed by atoms with Crippen molar-refractivity contribution in [1.29, 1.82) is 0 Å². The van der Waals surface area contributed by atoms with E-state index in [1.807, 2.05) is 13.0 Å². The number of amides is 4. The van der Waals surface area contributed by atoms with Crippen LogP contribution in [-0.4, -0.2) is 41.4 Å².